The Labute approximate surface area is 185 Å². The van der Waals surface area contributed by atoms with E-state index in [1.54, 1.807) is 35.6 Å². The van der Waals surface area contributed by atoms with Gasteiger partial charge in [0.2, 0.25) is 5.91 Å². The molecule has 4 rings (SSSR count). The van der Waals surface area contributed by atoms with Crippen molar-refractivity contribution in [1.29, 1.82) is 0 Å². The van der Waals surface area contributed by atoms with E-state index in [4.69, 9.17) is 14.5 Å². The highest BCUT2D eigenvalue weighted by atomic mass is 32.1. The zero-order valence-corrected chi connectivity index (χ0v) is 18.4. The predicted octanol–water partition coefficient (Wildman–Crippen LogP) is 4.34. The fourth-order valence-corrected chi connectivity index (χ4v) is 4.79. The van der Waals surface area contributed by atoms with Crippen molar-refractivity contribution in [3.05, 3.63) is 48.0 Å². The number of amides is 1. The molecule has 0 radical (unpaired) electrons. The van der Waals surface area contributed by atoms with Crippen molar-refractivity contribution in [3.8, 4) is 5.75 Å². The van der Waals surface area contributed by atoms with Crippen LogP contribution in [-0.2, 0) is 9.53 Å². The summed E-state index contributed by atoms with van der Waals surface area (Å²) in [5, 5.41) is 3.83. The number of carbonyl (C=O) groups is 2. The number of carbonyl (C=O) groups excluding carboxylic acids is 2. The van der Waals surface area contributed by atoms with E-state index in [1.165, 1.54) is 7.11 Å². The summed E-state index contributed by atoms with van der Waals surface area (Å²) in [6.45, 7) is 4.04. The molecule has 31 heavy (non-hydrogen) atoms. The Morgan fingerprint density at radius 2 is 2.10 bits per heavy atom. The monoisotopic (exact) mass is 439 g/mol. The first-order valence-corrected chi connectivity index (χ1v) is 11.2. The number of rotatable bonds is 6. The van der Waals surface area contributed by atoms with E-state index in [-0.39, 0.29) is 11.8 Å². The summed E-state index contributed by atoms with van der Waals surface area (Å²) in [6, 6.07) is 12.8. The van der Waals surface area contributed by atoms with Crippen molar-refractivity contribution < 1.29 is 19.1 Å². The molecule has 7 nitrogen and oxygen atoms in total. The van der Waals surface area contributed by atoms with Gasteiger partial charge in [-0.1, -0.05) is 23.5 Å². The number of fused-ring (bicyclic) bond motifs is 1. The van der Waals surface area contributed by atoms with E-state index in [0.717, 1.165) is 40.5 Å². The van der Waals surface area contributed by atoms with Crippen LogP contribution in [0.5, 0.6) is 5.75 Å². The molecule has 162 valence electrons. The third kappa shape index (κ3) is 4.64. The van der Waals surface area contributed by atoms with Crippen molar-refractivity contribution in [3.63, 3.8) is 0 Å². The number of anilines is 2. The number of thiazole rings is 1. The van der Waals surface area contributed by atoms with E-state index in [2.05, 4.69) is 10.2 Å². The van der Waals surface area contributed by atoms with Gasteiger partial charge in [-0.25, -0.2) is 9.78 Å². The van der Waals surface area contributed by atoms with Crippen LogP contribution in [0.4, 0.5) is 10.8 Å². The average Bonchev–Trinajstić information content (AvgIpc) is 3.23. The standard InChI is InChI=1S/C23H25N3O4S/c1-3-30-16-10-11-19-20(13-16)31-23(25-19)26-12-6-7-15(14-26)21(27)24-18-9-5-4-8-17(18)22(28)29-2/h4-5,8-11,13,15H,3,6-7,12,14H2,1-2H3,(H,24,27)/t15-/m0/s1. The zero-order chi connectivity index (χ0) is 21.8. The number of nitrogens with zero attached hydrogens (tertiary/aromatic N) is 2. The number of nitrogens with one attached hydrogen (secondary N) is 1. The second-order valence-corrected chi connectivity index (χ2v) is 8.38. The van der Waals surface area contributed by atoms with Gasteiger partial charge in [-0.3, -0.25) is 4.79 Å². The van der Waals surface area contributed by atoms with Gasteiger partial charge in [-0.15, -0.1) is 0 Å². The normalized spacial score (nSPS) is 16.2. The molecule has 8 heteroatoms. The number of ether oxygens (including phenoxy) is 2. The van der Waals surface area contributed by atoms with Gasteiger partial charge in [0.25, 0.3) is 0 Å². The number of benzene rings is 2. The van der Waals surface area contributed by atoms with Crippen molar-refractivity contribution in [2.75, 3.05) is 37.0 Å². The van der Waals surface area contributed by atoms with Crippen LogP contribution >= 0.6 is 11.3 Å². The highest BCUT2D eigenvalue weighted by Gasteiger charge is 2.28. The van der Waals surface area contributed by atoms with Gasteiger partial charge in [-0.2, -0.15) is 0 Å². The van der Waals surface area contributed by atoms with E-state index in [9.17, 15) is 9.59 Å². The van der Waals surface area contributed by atoms with Crippen LogP contribution in [0.2, 0.25) is 0 Å². The molecule has 1 aromatic heterocycles. The number of methoxy groups -OCH3 is 1. The molecule has 3 aromatic rings. The molecule has 1 aliphatic heterocycles. The summed E-state index contributed by atoms with van der Waals surface area (Å²) in [6.07, 6.45) is 1.69. The van der Waals surface area contributed by atoms with Gasteiger partial charge in [0.1, 0.15) is 5.75 Å². The van der Waals surface area contributed by atoms with Gasteiger partial charge in [0, 0.05) is 13.1 Å². The molecule has 2 aromatic carbocycles. The third-order valence-corrected chi connectivity index (χ3v) is 6.39. The second kappa shape index (κ2) is 9.34. The number of hydrogen-bond donors (Lipinski definition) is 1. The van der Waals surface area contributed by atoms with Gasteiger partial charge >= 0.3 is 5.97 Å². The summed E-state index contributed by atoms with van der Waals surface area (Å²) in [5.74, 6) is 0.0821. The Kier molecular flexibility index (Phi) is 6.36. The van der Waals surface area contributed by atoms with Gasteiger partial charge in [-0.05, 0) is 50.1 Å². The number of para-hydroxylation sites is 1. The quantitative estimate of drug-likeness (QED) is 0.576. The Balaban J connectivity index is 1.48. The molecular formula is C23H25N3O4S. The molecule has 1 amide bonds. The second-order valence-electron chi connectivity index (χ2n) is 7.37. The molecule has 2 heterocycles. The molecule has 0 spiro atoms. The van der Waals surface area contributed by atoms with Crippen molar-refractivity contribution in [2.45, 2.75) is 19.8 Å². The Morgan fingerprint density at radius 1 is 1.26 bits per heavy atom. The zero-order valence-electron chi connectivity index (χ0n) is 17.6. The lowest BCUT2D eigenvalue weighted by Gasteiger charge is -2.31. The Bertz CT molecular complexity index is 1100. The van der Waals surface area contributed by atoms with E-state index in [1.807, 2.05) is 25.1 Å². The highest BCUT2D eigenvalue weighted by molar-refractivity contribution is 7.22. The third-order valence-electron chi connectivity index (χ3n) is 5.31. The average molecular weight is 440 g/mol. The van der Waals surface area contributed by atoms with Crippen LogP contribution in [0.3, 0.4) is 0 Å². The lowest BCUT2D eigenvalue weighted by Crippen LogP contribution is -2.40. The predicted molar refractivity (Wildman–Crippen MR) is 122 cm³/mol. The van der Waals surface area contributed by atoms with Crippen LogP contribution in [0.1, 0.15) is 30.1 Å². The summed E-state index contributed by atoms with van der Waals surface area (Å²) < 4.78 is 11.5. The first kappa shape index (κ1) is 21.1. The molecule has 1 aliphatic rings. The minimum Gasteiger partial charge on any atom is -0.494 e. The molecule has 0 unspecified atom stereocenters. The summed E-state index contributed by atoms with van der Waals surface area (Å²) >= 11 is 1.61. The van der Waals surface area contributed by atoms with E-state index < -0.39 is 5.97 Å². The first-order chi connectivity index (χ1) is 15.1. The number of esters is 1. The highest BCUT2D eigenvalue weighted by Crippen LogP contribution is 2.34. The molecule has 0 aliphatic carbocycles. The molecule has 1 N–H and O–H groups in total. The van der Waals surface area contributed by atoms with Gasteiger partial charge in [0.05, 0.1) is 41.1 Å². The minimum atomic E-state index is -0.470. The Hall–Kier alpha value is -3.13. The number of hydrogen-bond acceptors (Lipinski definition) is 7. The van der Waals surface area contributed by atoms with Crippen LogP contribution in [0.15, 0.2) is 42.5 Å². The van der Waals surface area contributed by atoms with Gasteiger partial charge < -0.3 is 19.7 Å². The summed E-state index contributed by atoms with van der Waals surface area (Å²) in [4.78, 5) is 31.9. The summed E-state index contributed by atoms with van der Waals surface area (Å²) in [5.41, 5.74) is 1.75. The molecule has 1 atom stereocenters. The lowest BCUT2D eigenvalue weighted by molar-refractivity contribution is -0.120. The number of aromatic nitrogens is 1. The van der Waals surface area contributed by atoms with Crippen LogP contribution in [0, 0.1) is 5.92 Å². The van der Waals surface area contributed by atoms with Crippen molar-refractivity contribution in [1.82, 2.24) is 4.98 Å². The van der Waals surface area contributed by atoms with E-state index >= 15 is 0 Å². The largest absolute Gasteiger partial charge is 0.494 e. The smallest absolute Gasteiger partial charge is 0.339 e. The van der Waals surface area contributed by atoms with Crippen LogP contribution < -0.4 is 15.0 Å². The summed E-state index contributed by atoms with van der Waals surface area (Å²) in [7, 11) is 1.33. The molecule has 0 bridgehead atoms. The molecule has 1 saturated heterocycles. The Morgan fingerprint density at radius 3 is 2.90 bits per heavy atom. The fraction of sp³-hybridized carbons (Fsp3) is 0.348. The van der Waals surface area contributed by atoms with Crippen LogP contribution in [-0.4, -0.2) is 43.7 Å². The molecular weight excluding hydrogens is 414 g/mol. The lowest BCUT2D eigenvalue weighted by atomic mass is 9.97. The maximum absolute atomic E-state index is 13.0. The molecule has 0 saturated carbocycles. The fourth-order valence-electron chi connectivity index (χ4n) is 3.76. The minimum absolute atomic E-state index is 0.0965. The van der Waals surface area contributed by atoms with E-state index in [0.29, 0.717) is 24.4 Å². The first-order valence-electron chi connectivity index (χ1n) is 10.4. The van der Waals surface area contributed by atoms with Crippen LogP contribution in [0.25, 0.3) is 10.2 Å². The topological polar surface area (TPSA) is 80.8 Å². The molecule has 1 fully saturated rings. The number of piperidine rings is 1. The van der Waals surface area contributed by atoms with Crippen molar-refractivity contribution in [2.24, 2.45) is 5.92 Å². The SMILES string of the molecule is CCOc1ccc2nc(N3CCC[C@H](C(=O)Nc4ccccc4C(=O)OC)C3)sc2c1. The maximum Gasteiger partial charge on any atom is 0.339 e. The van der Waals surface area contributed by atoms with Gasteiger partial charge in [0.15, 0.2) is 5.13 Å². The van der Waals surface area contributed by atoms with Crippen molar-refractivity contribution >= 4 is 44.2 Å². The maximum atomic E-state index is 13.0.